The zero-order valence-electron chi connectivity index (χ0n) is 15.4. The van der Waals surface area contributed by atoms with Crippen molar-refractivity contribution in [2.45, 2.75) is 25.7 Å². The number of anilines is 1. The molecule has 1 aromatic rings. The molecule has 1 N–H and O–H groups in total. The molecule has 27 heavy (non-hydrogen) atoms. The SMILES string of the molecule is CNCCC1CCN(C(=O)C2CC(=O)N(c3cc(Cl)cc(Cl)c3)C2)CC1.Cl. The average molecular weight is 435 g/mol. The van der Waals surface area contributed by atoms with Gasteiger partial charge in [0.1, 0.15) is 0 Å². The number of hydrogen-bond donors (Lipinski definition) is 1. The van der Waals surface area contributed by atoms with Gasteiger partial charge in [0, 0.05) is 41.8 Å². The summed E-state index contributed by atoms with van der Waals surface area (Å²) in [7, 11) is 1.97. The van der Waals surface area contributed by atoms with Gasteiger partial charge in [-0.15, -0.1) is 12.4 Å². The highest BCUT2D eigenvalue weighted by molar-refractivity contribution is 6.35. The maximum Gasteiger partial charge on any atom is 0.228 e. The fourth-order valence-corrected chi connectivity index (χ4v) is 4.38. The molecule has 0 bridgehead atoms. The fraction of sp³-hybridized carbons (Fsp3) is 0.579. The van der Waals surface area contributed by atoms with Crippen molar-refractivity contribution in [3.8, 4) is 0 Å². The zero-order chi connectivity index (χ0) is 18.7. The van der Waals surface area contributed by atoms with Gasteiger partial charge < -0.3 is 15.1 Å². The molecule has 2 amide bonds. The van der Waals surface area contributed by atoms with Crippen LogP contribution in [0.15, 0.2) is 18.2 Å². The van der Waals surface area contributed by atoms with Crippen molar-refractivity contribution in [3.63, 3.8) is 0 Å². The van der Waals surface area contributed by atoms with Crippen molar-refractivity contribution in [2.24, 2.45) is 11.8 Å². The Kier molecular flexibility index (Phi) is 8.22. The Hall–Kier alpha value is -1.01. The van der Waals surface area contributed by atoms with Gasteiger partial charge in [0.15, 0.2) is 0 Å². The van der Waals surface area contributed by atoms with Gasteiger partial charge in [-0.1, -0.05) is 23.2 Å². The third-order valence-corrected chi connectivity index (χ3v) is 5.80. The van der Waals surface area contributed by atoms with E-state index >= 15 is 0 Å². The first-order chi connectivity index (χ1) is 12.5. The summed E-state index contributed by atoms with van der Waals surface area (Å²) in [5.41, 5.74) is 0.661. The van der Waals surface area contributed by atoms with E-state index in [2.05, 4.69) is 5.32 Å². The van der Waals surface area contributed by atoms with Crippen LogP contribution in [0.4, 0.5) is 5.69 Å². The summed E-state index contributed by atoms with van der Waals surface area (Å²) < 4.78 is 0. The van der Waals surface area contributed by atoms with Gasteiger partial charge >= 0.3 is 0 Å². The number of benzene rings is 1. The summed E-state index contributed by atoms with van der Waals surface area (Å²) in [6, 6.07) is 5.06. The molecule has 1 aromatic carbocycles. The lowest BCUT2D eigenvalue weighted by Crippen LogP contribution is -2.42. The summed E-state index contributed by atoms with van der Waals surface area (Å²) in [6.45, 7) is 3.00. The maximum absolute atomic E-state index is 12.9. The molecule has 2 aliphatic rings. The Balaban J connectivity index is 0.00000261. The highest BCUT2D eigenvalue weighted by Crippen LogP contribution is 2.31. The monoisotopic (exact) mass is 433 g/mol. The van der Waals surface area contributed by atoms with Crippen LogP contribution in [-0.4, -0.2) is 49.9 Å². The predicted molar refractivity (Wildman–Crippen MR) is 112 cm³/mol. The van der Waals surface area contributed by atoms with Crippen molar-refractivity contribution in [2.75, 3.05) is 38.1 Å². The van der Waals surface area contributed by atoms with E-state index in [1.54, 1.807) is 23.1 Å². The molecule has 1 atom stereocenters. The van der Waals surface area contributed by atoms with Crippen molar-refractivity contribution in [3.05, 3.63) is 28.2 Å². The third kappa shape index (κ3) is 5.50. The number of carbonyl (C=O) groups is 2. The zero-order valence-corrected chi connectivity index (χ0v) is 17.7. The minimum atomic E-state index is -0.283. The number of nitrogens with one attached hydrogen (secondary N) is 1. The van der Waals surface area contributed by atoms with Gasteiger partial charge in [-0.25, -0.2) is 0 Å². The summed E-state index contributed by atoms with van der Waals surface area (Å²) in [6.07, 6.45) is 3.50. The van der Waals surface area contributed by atoms with E-state index in [0.717, 1.165) is 38.9 Å². The van der Waals surface area contributed by atoms with Gasteiger partial charge in [0.2, 0.25) is 11.8 Å². The van der Waals surface area contributed by atoms with Gasteiger partial charge in [-0.2, -0.15) is 0 Å². The van der Waals surface area contributed by atoms with Crippen LogP contribution in [0.3, 0.4) is 0 Å². The topological polar surface area (TPSA) is 52.7 Å². The number of halogens is 3. The van der Waals surface area contributed by atoms with E-state index in [0.29, 0.717) is 28.2 Å². The predicted octanol–water partition coefficient (Wildman–Crippen LogP) is 3.62. The third-order valence-electron chi connectivity index (χ3n) is 5.36. The van der Waals surface area contributed by atoms with Gasteiger partial charge in [-0.3, -0.25) is 9.59 Å². The van der Waals surface area contributed by atoms with Gasteiger partial charge in [-0.05, 0) is 57.0 Å². The largest absolute Gasteiger partial charge is 0.342 e. The average Bonchev–Trinajstić information content (AvgIpc) is 3.01. The maximum atomic E-state index is 12.9. The lowest BCUT2D eigenvalue weighted by atomic mass is 9.92. The minimum Gasteiger partial charge on any atom is -0.342 e. The summed E-state index contributed by atoms with van der Waals surface area (Å²) in [5, 5.41) is 4.15. The minimum absolute atomic E-state index is 0. The smallest absolute Gasteiger partial charge is 0.228 e. The molecule has 2 aliphatic heterocycles. The molecule has 0 spiro atoms. The number of nitrogens with zero attached hydrogens (tertiary/aromatic N) is 2. The van der Waals surface area contributed by atoms with Crippen LogP contribution in [0.2, 0.25) is 10.0 Å². The van der Waals surface area contributed by atoms with Crippen molar-refractivity contribution in [1.29, 1.82) is 0 Å². The number of carbonyl (C=O) groups excluding carboxylic acids is 2. The number of hydrogen-bond acceptors (Lipinski definition) is 3. The molecule has 2 saturated heterocycles. The Bertz CT molecular complexity index is 658. The number of likely N-dealkylation sites (tertiary alicyclic amines) is 1. The Labute approximate surface area is 176 Å². The molecule has 0 aliphatic carbocycles. The highest BCUT2D eigenvalue weighted by Gasteiger charge is 2.38. The Morgan fingerprint density at radius 2 is 1.81 bits per heavy atom. The lowest BCUT2D eigenvalue weighted by molar-refractivity contribution is -0.137. The number of amides is 2. The molecule has 2 heterocycles. The number of rotatable bonds is 5. The second-order valence-electron chi connectivity index (χ2n) is 7.19. The van der Waals surface area contributed by atoms with Crippen LogP contribution in [-0.2, 0) is 9.59 Å². The van der Waals surface area contributed by atoms with E-state index in [1.807, 2.05) is 11.9 Å². The van der Waals surface area contributed by atoms with Crippen LogP contribution in [0.5, 0.6) is 0 Å². The molecule has 150 valence electrons. The molecule has 0 radical (unpaired) electrons. The molecule has 2 fully saturated rings. The normalized spacial score (nSPS) is 20.7. The van der Waals surface area contributed by atoms with Crippen molar-refractivity contribution < 1.29 is 9.59 Å². The molecule has 0 saturated carbocycles. The molecule has 8 heteroatoms. The highest BCUT2D eigenvalue weighted by atomic mass is 35.5. The molecule has 1 unspecified atom stereocenters. The van der Waals surface area contributed by atoms with Crippen LogP contribution in [0, 0.1) is 11.8 Å². The first kappa shape index (κ1) is 22.3. The molecular weight excluding hydrogens is 409 g/mol. The Morgan fingerprint density at radius 1 is 1.19 bits per heavy atom. The summed E-state index contributed by atoms with van der Waals surface area (Å²) in [5.74, 6) is 0.447. The van der Waals surface area contributed by atoms with E-state index < -0.39 is 0 Å². The van der Waals surface area contributed by atoms with E-state index in [1.165, 1.54) is 0 Å². The Morgan fingerprint density at radius 3 is 2.41 bits per heavy atom. The molecule has 0 aromatic heterocycles. The van der Waals surface area contributed by atoms with Crippen molar-refractivity contribution in [1.82, 2.24) is 10.2 Å². The van der Waals surface area contributed by atoms with Gasteiger partial charge in [0.05, 0.1) is 5.92 Å². The quantitative estimate of drug-likeness (QED) is 0.770. The molecule has 3 rings (SSSR count). The second kappa shape index (κ2) is 9.97. The van der Waals surface area contributed by atoms with Crippen LogP contribution >= 0.6 is 35.6 Å². The fourth-order valence-electron chi connectivity index (χ4n) is 3.87. The van der Waals surface area contributed by atoms with Crippen LogP contribution < -0.4 is 10.2 Å². The van der Waals surface area contributed by atoms with Crippen LogP contribution in [0.1, 0.15) is 25.7 Å². The van der Waals surface area contributed by atoms with E-state index in [9.17, 15) is 9.59 Å². The van der Waals surface area contributed by atoms with E-state index in [-0.39, 0.29) is 36.6 Å². The summed E-state index contributed by atoms with van der Waals surface area (Å²) in [4.78, 5) is 28.8. The first-order valence-electron chi connectivity index (χ1n) is 9.17. The molecule has 5 nitrogen and oxygen atoms in total. The van der Waals surface area contributed by atoms with Crippen molar-refractivity contribution >= 4 is 53.1 Å². The second-order valence-corrected chi connectivity index (χ2v) is 8.07. The molecular formula is C19H26Cl3N3O2. The lowest BCUT2D eigenvalue weighted by Gasteiger charge is -2.33. The van der Waals surface area contributed by atoms with Gasteiger partial charge in [0.25, 0.3) is 0 Å². The standard InChI is InChI=1S/C19H25Cl2N3O2.ClH/c1-22-5-2-13-3-6-23(7-4-13)19(26)14-8-18(25)24(12-14)17-10-15(20)9-16(21)11-17;/h9-11,13-14,22H,2-8,12H2,1H3;1H. The number of piperidine rings is 1. The first-order valence-corrected chi connectivity index (χ1v) is 9.93. The van der Waals surface area contributed by atoms with E-state index in [4.69, 9.17) is 23.2 Å². The van der Waals surface area contributed by atoms with Crippen LogP contribution in [0.25, 0.3) is 0 Å². The summed E-state index contributed by atoms with van der Waals surface area (Å²) >= 11 is 12.1.